The maximum absolute atomic E-state index is 12.9. The van der Waals surface area contributed by atoms with Crippen LogP contribution >= 0.6 is 0 Å². The molecule has 2 aliphatic rings. The minimum absolute atomic E-state index is 0.237. The summed E-state index contributed by atoms with van der Waals surface area (Å²) in [6, 6.07) is 14.5. The molecule has 0 spiro atoms. The molecule has 1 unspecified atom stereocenters. The van der Waals surface area contributed by atoms with Crippen LogP contribution in [0.3, 0.4) is 0 Å². The number of piperazine rings is 1. The number of rotatable bonds is 5. The van der Waals surface area contributed by atoms with Crippen molar-refractivity contribution in [1.29, 1.82) is 0 Å². The topological polar surface area (TPSA) is 48.9 Å². The van der Waals surface area contributed by atoms with E-state index in [1.165, 1.54) is 5.56 Å². The van der Waals surface area contributed by atoms with Gasteiger partial charge in [-0.05, 0) is 49.2 Å². The van der Waals surface area contributed by atoms with Crippen molar-refractivity contribution in [3.63, 3.8) is 0 Å². The molecule has 1 atom stereocenters. The van der Waals surface area contributed by atoms with Crippen molar-refractivity contribution in [3.05, 3.63) is 54.2 Å². The molecule has 6 nitrogen and oxygen atoms in total. The number of aromatic nitrogens is 1. The van der Waals surface area contributed by atoms with Gasteiger partial charge in [0, 0.05) is 38.4 Å². The highest BCUT2D eigenvalue weighted by atomic mass is 16.5. The Bertz CT molecular complexity index is 773. The van der Waals surface area contributed by atoms with E-state index in [4.69, 9.17) is 4.74 Å². The molecule has 148 valence electrons. The maximum Gasteiger partial charge on any atom is 0.236 e. The molecule has 2 aliphatic heterocycles. The van der Waals surface area contributed by atoms with Gasteiger partial charge in [-0.3, -0.25) is 9.69 Å². The van der Waals surface area contributed by atoms with E-state index in [9.17, 15) is 4.79 Å². The smallest absolute Gasteiger partial charge is 0.236 e. The first-order valence-corrected chi connectivity index (χ1v) is 10.1. The van der Waals surface area contributed by atoms with Crippen LogP contribution < -0.4 is 9.64 Å². The summed E-state index contributed by atoms with van der Waals surface area (Å²) in [4.78, 5) is 23.9. The number of carbonyl (C=O) groups is 1. The van der Waals surface area contributed by atoms with E-state index in [1.807, 2.05) is 41.4 Å². The fourth-order valence-electron chi connectivity index (χ4n) is 4.22. The molecule has 6 heteroatoms. The van der Waals surface area contributed by atoms with Crippen molar-refractivity contribution in [1.82, 2.24) is 14.8 Å². The number of pyridine rings is 1. The van der Waals surface area contributed by atoms with E-state index in [2.05, 4.69) is 26.9 Å². The molecule has 1 aromatic carbocycles. The lowest BCUT2D eigenvalue weighted by molar-refractivity contribution is -0.133. The second-order valence-electron chi connectivity index (χ2n) is 7.46. The fourth-order valence-corrected chi connectivity index (χ4v) is 4.22. The van der Waals surface area contributed by atoms with Crippen LogP contribution in [0.25, 0.3) is 0 Å². The van der Waals surface area contributed by atoms with Crippen LogP contribution in [0, 0.1) is 0 Å². The fraction of sp³-hybridized carbons (Fsp3) is 0.455. The summed E-state index contributed by atoms with van der Waals surface area (Å²) in [5, 5.41) is 0. The molecule has 1 amide bonds. The molecular weight excluding hydrogens is 352 g/mol. The molecule has 2 aromatic rings. The molecule has 0 aliphatic carbocycles. The largest absolute Gasteiger partial charge is 0.497 e. The van der Waals surface area contributed by atoms with E-state index < -0.39 is 0 Å². The first kappa shape index (κ1) is 18.7. The average molecular weight is 380 g/mol. The second-order valence-corrected chi connectivity index (χ2v) is 7.46. The van der Waals surface area contributed by atoms with Crippen LogP contribution in [0.1, 0.15) is 24.4 Å². The molecule has 1 aromatic heterocycles. The highest BCUT2D eigenvalue weighted by molar-refractivity contribution is 5.78. The van der Waals surface area contributed by atoms with Gasteiger partial charge in [0.05, 0.1) is 13.7 Å². The summed E-state index contributed by atoms with van der Waals surface area (Å²) < 4.78 is 5.26. The quantitative estimate of drug-likeness (QED) is 0.798. The summed E-state index contributed by atoms with van der Waals surface area (Å²) in [7, 11) is 1.68. The highest BCUT2D eigenvalue weighted by Crippen LogP contribution is 2.32. The highest BCUT2D eigenvalue weighted by Gasteiger charge is 2.30. The molecule has 2 fully saturated rings. The number of benzene rings is 1. The second kappa shape index (κ2) is 8.61. The number of hydrogen-bond donors (Lipinski definition) is 0. The van der Waals surface area contributed by atoms with Crippen LogP contribution in [0.15, 0.2) is 48.7 Å². The third-order valence-electron chi connectivity index (χ3n) is 5.81. The molecule has 2 saturated heterocycles. The van der Waals surface area contributed by atoms with Gasteiger partial charge >= 0.3 is 0 Å². The lowest BCUT2D eigenvalue weighted by atomic mass is 10.0. The molecule has 28 heavy (non-hydrogen) atoms. The Morgan fingerprint density at radius 2 is 1.86 bits per heavy atom. The first-order valence-electron chi connectivity index (χ1n) is 10.1. The molecule has 4 rings (SSSR count). The number of anilines is 1. The van der Waals surface area contributed by atoms with Gasteiger partial charge in [-0.1, -0.05) is 18.2 Å². The van der Waals surface area contributed by atoms with Gasteiger partial charge in [-0.2, -0.15) is 0 Å². The third-order valence-corrected chi connectivity index (χ3v) is 5.81. The van der Waals surface area contributed by atoms with E-state index in [0.717, 1.165) is 57.1 Å². The Morgan fingerprint density at radius 3 is 2.54 bits per heavy atom. The number of amides is 1. The van der Waals surface area contributed by atoms with Gasteiger partial charge < -0.3 is 14.5 Å². The van der Waals surface area contributed by atoms with Crippen LogP contribution in [0.5, 0.6) is 5.75 Å². The number of ether oxygens (including phenoxy) is 1. The van der Waals surface area contributed by atoms with E-state index in [-0.39, 0.29) is 5.91 Å². The van der Waals surface area contributed by atoms with Gasteiger partial charge in [0.25, 0.3) is 0 Å². The lowest BCUT2D eigenvalue weighted by Crippen LogP contribution is -2.51. The molecule has 0 N–H and O–H groups in total. The van der Waals surface area contributed by atoms with Crippen molar-refractivity contribution in [2.24, 2.45) is 0 Å². The SMILES string of the molecule is COc1ccc(C2CCCN2CC(=O)N2CCN(c3ccccn3)CC2)cc1. The van der Waals surface area contributed by atoms with E-state index >= 15 is 0 Å². The van der Waals surface area contributed by atoms with E-state index in [1.54, 1.807) is 7.11 Å². The predicted octanol–water partition coefficient (Wildman–Crippen LogP) is 2.58. The monoisotopic (exact) mass is 380 g/mol. The molecule has 0 bridgehead atoms. The van der Waals surface area contributed by atoms with Crippen molar-refractivity contribution in [2.75, 3.05) is 51.3 Å². The van der Waals surface area contributed by atoms with Gasteiger partial charge in [0.1, 0.15) is 11.6 Å². The summed E-state index contributed by atoms with van der Waals surface area (Å²) in [6.07, 6.45) is 4.06. The zero-order valence-corrected chi connectivity index (χ0v) is 16.5. The van der Waals surface area contributed by atoms with Crippen molar-refractivity contribution < 1.29 is 9.53 Å². The third kappa shape index (κ3) is 4.12. The van der Waals surface area contributed by atoms with Crippen molar-refractivity contribution >= 4 is 11.7 Å². The molecule has 0 radical (unpaired) electrons. The number of methoxy groups -OCH3 is 1. The Balaban J connectivity index is 1.33. The van der Waals surface area contributed by atoms with Gasteiger partial charge in [-0.15, -0.1) is 0 Å². The normalized spacial score (nSPS) is 20.4. The molecule has 3 heterocycles. The standard InChI is InChI=1S/C22H28N4O2/c1-28-19-9-7-18(8-10-19)20-5-4-12-26(20)17-22(27)25-15-13-24(14-16-25)21-6-2-3-11-23-21/h2-3,6-11,20H,4-5,12-17H2,1H3. The summed E-state index contributed by atoms with van der Waals surface area (Å²) >= 11 is 0. The maximum atomic E-state index is 12.9. The molecular formula is C22H28N4O2. The predicted molar refractivity (Wildman–Crippen MR) is 110 cm³/mol. The number of hydrogen-bond acceptors (Lipinski definition) is 5. The zero-order chi connectivity index (χ0) is 19.3. The van der Waals surface area contributed by atoms with Crippen molar-refractivity contribution in [2.45, 2.75) is 18.9 Å². The van der Waals surface area contributed by atoms with Gasteiger partial charge in [0.2, 0.25) is 5.91 Å². The minimum Gasteiger partial charge on any atom is -0.497 e. The first-order chi connectivity index (χ1) is 13.7. The minimum atomic E-state index is 0.237. The number of likely N-dealkylation sites (tertiary alicyclic amines) is 1. The Hall–Kier alpha value is -2.60. The zero-order valence-electron chi connectivity index (χ0n) is 16.5. The lowest BCUT2D eigenvalue weighted by Gasteiger charge is -2.36. The van der Waals surface area contributed by atoms with Crippen LogP contribution in [-0.2, 0) is 4.79 Å². The van der Waals surface area contributed by atoms with Crippen LogP contribution in [0.4, 0.5) is 5.82 Å². The summed E-state index contributed by atoms with van der Waals surface area (Å²) in [5.41, 5.74) is 1.27. The van der Waals surface area contributed by atoms with E-state index in [0.29, 0.717) is 12.6 Å². The number of carbonyl (C=O) groups excluding carboxylic acids is 1. The molecule has 0 saturated carbocycles. The number of nitrogens with zero attached hydrogens (tertiary/aromatic N) is 4. The van der Waals surface area contributed by atoms with Crippen LogP contribution in [-0.4, -0.2) is 67.1 Å². The van der Waals surface area contributed by atoms with Gasteiger partial charge in [-0.25, -0.2) is 4.98 Å². The average Bonchev–Trinajstić information content (AvgIpc) is 3.22. The Kier molecular flexibility index (Phi) is 5.76. The van der Waals surface area contributed by atoms with Crippen molar-refractivity contribution in [3.8, 4) is 5.75 Å². The van der Waals surface area contributed by atoms with Crippen LogP contribution in [0.2, 0.25) is 0 Å². The summed E-state index contributed by atoms with van der Waals surface area (Å²) in [6.45, 7) is 4.68. The Morgan fingerprint density at radius 1 is 1.07 bits per heavy atom. The Labute approximate surface area is 166 Å². The van der Waals surface area contributed by atoms with Gasteiger partial charge in [0.15, 0.2) is 0 Å². The summed E-state index contributed by atoms with van der Waals surface area (Å²) in [5.74, 6) is 2.10.